The highest BCUT2D eigenvalue weighted by Crippen LogP contribution is 2.46. The van der Waals surface area contributed by atoms with Gasteiger partial charge in [0.25, 0.3) is 5.91 Å². The minimum Gasteiger partial charge on any atom is -0.487 e. The lowest BCUT2D eigenvalue weighted by Gasteiger charge is -2.44. The van der Waals surface area contributed by atoms with Gasteiger partial charge in [-0.1, -0.05) is 37.6 Å². The number of aryl methyl sites for hydroxylation is 2. The van der Waals surface area contributed by atoms with Crippen molar-refractivity contribution in [2.75, 3.05) is 0 Å². The third-order valence-corrected chi connectivity index (χ3v) is 7.54. The fourth-order valence-corrected chi connectivity index (χ4v) is 5.78. The van der Waals surface area contributed by atoms with Gasteiger partial charge in [0.05, 0.1) is 6.04 Å². The summed E-state index contributed by atoms with van der Waals surface area (Å²) < 4.78 is 12.7. The number of rotatable bonds is 5. The molecule has 1 amide bonds. The number of carbonyl (C=O) groups is 1. The van der Waals surface area contributed by atoms with E-state index in [0.717, 1.165) is 49.2 Å². The monoisotopic (exact) mass is 433 g/mol. The van der Waals surface area contributed by atoms with E-state index in [-0.39, 0.29) is 17.6 Å². The SMILES string of the molecule is CCC(Oc1ccc2c(c1)CCCC2)C(=O)NC1CC2(CCCCC2)Oc2ccccc21. The highest BCUT2D eigenvalue weighted by Gasteiger charge is 2.42. The Morgan fingerprint density at radius 2 is 1.84 bits per heavy atom. The van der Waals surface area contributed by atoms with Crippen LogP contribution in [0.4, 0.5) is 0 Å². The van der Waals surface area contributed by atoms with E-state index in [1.165, 1.54) is 43.2 Å². The van der Waals surface area contributed by atoms with Crippen molar-refractivity contribution in [2.24, 2.45) is 0 Å². The summed E-state index contributed by atoms with van der Waals surface area (Å²) in [6.45, 7) is 2.02. The molecular formula is C28H35NO3. The van der Waals surface area contributed by atoms with Crippen molar-refractivity contribution >= 4 is 5.91 Å². The average Bonchev–Trinajstić information content (AvgIpc) is 2.82. The summed E-state index contributed by atoms with van der Waals surface area (Å²) in [6.07, 6.45) is 11.5. The van der Waals surface area contributed by atoms with Crippen LogP contribution in [0.3, 0.4) is 0 Å². The van der Waals surface area contributed by atoms with Crippen molar-refractivity contribution < 1.29 is 14.3 Å². The highest BCUT2D eigenvalue weighted by atomic mass is 16.5. The van der Waals surface area contributed by atoms with Gasteiger partial charge < -0.3 is 14.8 Å². The summed E-state index contributed by atoms with van der Waals surface area (Å²) in [7, 11) is 0. The Morgan fingerprint density at radius 3 is 2.66 bits per heavy atom. The molecule has 2 unspecified atom stereocenters. The first-order valence-corrected chi connectivity index (χ1v) is 12.5. The molecule has 4 heteroatoms. The van der Waals surface area contributed by atoms with Crippen LogP contribution < -0.4 is 14.8 Å². The lowest BCUT2D eigenvalue weighted by molar-refractivity contribution is -0.129. The minimum absolute atomic E-state index is 0.0297. The molecule has 2 aliphatic carbocycles. The molecule has 32 heavy (non-hydrogen) atoms. The fraction of sp³-hybridized carbons (Fsp3) is 0.536. The van der Waals surface area contributed by atoms with E-state index in [0.29, 0.717) is 6.42 Å². The van der Waals surface area contributed by atoms with Gasteiger partial charge in [-0.05, 0) is 87.1 Å². The first-order valence-electron chi connectivity index (χ1n) is 12.5. The Morgan fingerprint density at radius 1 is 1.06 bits per heavy atom. The van der Waals surface area contributed by atoms with Gasteiger partial charge in [-0.15, -0.1) is 0 Å². The van der Waals surface area contributed by atoms with Crippen LogP contribution in [0, 0.1) is 0 Å². The molecule has 170 valence electrons. The minimum atomic E-state index is -0.492. The third kappa shape index (κ3) is 4.37. The van der Waals surface area contributed by atoms with E-state index in [2.05, 4.69) is 23.5 Å². The number of hydrogen-bond acceptors (Lipinski definition) is 3. The van der Waals surface area contributed by atoms with E-state index < -0.39 is 6.10 Å². The molecule has 0 bridgehead atoms. The number of benzene rings is 2. The molecule has 1 aliphatic heterocycles. The molecule has 1 fully saturated rings. The molecule has 4 nitrogen and oxygen atoms in total. The third-order valence-electron chi connectivity index (χ3n) is 7.54. The van der Waals surface area contributed by atoms with Gasteiger partial charge in [0.2, 0.25) is 0 Å². The van der Waals surface area contributed by atoms with Crippen LogP contribution in [0.15, 0.2) is 42.5 Å². The zero-order chi connectivity index (χ0) is 22.0. The molecule has 1 spiro atoms. The van der Waals surface area contributed by atoms with Crippen molar-refractivity contribution in [3.63, 3.8) is 0 Å². The summed E-state index contributed by atoms with van der Waals surface area (Å²) in [5.41, 5.74) is 3.74. The lowest BCUT2D eigenvalue weighted by Crippen LogP contribution is -2.48. The van der Waals surface area contributed by atoms with E-state index in [9.17, 15) is 4.79 Å². The van der Waals surface area contributed by atoms with Crippen LogP contribution in [-0.4, -0.2) is 17.6 Å². The molecule has 2 aromatic rings. The molecule has 0 radical (unpaired) electrons. The lowest BCUT2D eigenvalue weighted by atomic mass is 9.77. The Hall–Kier alpha value is -2.49. The van der Waals surface area contributed by atoms with Crippen LogP contribution in [0.2, 0.25) is 0 Å². The quantitative estimate of drug-likeness (QED) is 0.623. The first-order chi connectivity index (χ1) is 15.7. The smallest absolute Gasteiger partial charge is 0.261 e. The number of fused-ring (bicyclic) bond motifs is 2. The van der Waals surface area contributed by atoms with Gasteiger partial charge in [-0.3, -0.25) is 4.79 Å². The summed E-state index contributed by atoms with van der Waals surface area (Å²) in [4.78, 5) is 13.3. The average molecular weight is 434 g/mol. The number of hydrogen-bond donors (Lipinski definition) is 1. The second-order valence-electron chi connectivity index (χ2n) is 9.80. The van der Waals surface area contributed by atoms with Gasteiger partial charge >= 0.3 is 0 Å². The zero-order valence-corrected chi connectivity index (χ0v) is 19.2. The molecule has 1 heterocycles. The van der Waals surface area contributed by atoms with Gasteiger partial charge in [0, 0.05) is 12.0 Å². The molecule has 2 atom stereocenters. The van der Waals surface area contributed by atoms with Crippen molar-refractivity contribution in [3.05, 3.63) is 59.2 Å². The Labute approximate surface area is 191 Å². The second-order valence-corrected chi connectivity index (χ2v) is 9.80. The van der Waals surface area contributed by atoms with Crippen molar-refractivity contribution in [1.82, 2.24) is 5.32 Å². The zero-order valence-electron chi connectivity index (χ0n) is 19.2. The number of amides is 1. The van der Waals surface area contributed by atoms with Crippen LogP contribution in [0.5, 0.6) is 11.5 Å². The maximum atomic E-state index is 13.3. The standard InChI is InChI=1S/C28H35NO3/c1-2-25(31-22-15-14-20-10-4-5-11-21(20)18-22)27(30)29-24-19-28(16-8-3-9-17-28)32-26-13-7-6-12-23(24)26/h6-7,12-15,18,24-25H,2-5,8-11,16-17,19H2,1H3,(H,29,30). The fourth-order valence-electron chi connectivity index (χ4n) is 5.78. The second kappa shape index (κ2) is 9.17. The topological polar surface area (TPSA) is 47.6 Å². The normalized spacial score (nSPS) is 22.2. The first kappa shape index (κ1) is 21.4. The molecular weight excluding hydrogens is 398 g/mol. The summed E-state index contributed by atoms with van der Waals surface area (Å²) in [5, 5.41) is 3.34. The van der Waals surface area contributed by atoms with Crippen LogP contribution in [0.25, 0.3) is 0 Å². The Bertz CT molecular complexity index is 963. The van der Waals surface area contributed by atoms with Gasteiger partial charge in [-0.25, -0.2) is 0 Å². The van der Waals surface area contributed by atoms with Gasteiger partial charge in [0.1, 0.15) is 17.1 Å². The van der Waals surface area contributed by atoms with Gasteiger partial charge in [-0.2, -0.15) is 0 Å². The van der Waals surface area contributed by atoms with Crippen LogP contribution in [0.1, 0.15) is 87.4 Å². The maximum absolute atomic E-state index is 13.3. The van der Waals surface area contributed by atoms with Crippen molar-refractivity contribution in [3.8, 4) is 11.5 Å². The molecule has 5 rings (SSSR count). The van der Waals surface area contributed by atoms with E-state index >= 15 is 0 Å². The molecule has 3 aliphatic rings. The summed E-state index contributed by atoms with van der Waals surface area (Å²) in [6, 6.07) is 14.5. The Balaban J connectivity index is 1.32. The number of nitrogens with one attached hydrogen (secondary N) is 1. The Kier molecular flexibility index (Phi) is 6.12. The van der Waals surface area contributed by atoms with E-state index in [4.69, 9.17) is 9.47 Å². The number of para-hydroxylation sites is 1. The maximum Gasteiger partial charge on any atom is 0.261 e. The largest absolute Gasteiger partial charge is 0.487 e. The van der Waals surface area contributed by atoms with Gasteiger partial charge in [0.15, 0.2) is 6.10 Å². The molecule has 0 saturated heterocycles. The van der Waals surface area contributed by atoms with Crippen LogP contribution in [-0.2, 0) is 17.6 Å². The molecule has 0 aromatic heterocycles. The molecule has 2 aromatic carbocycles. The molecule has 1 saturated carbocycles. The predicted molar refractivity (Wildman–Crippen MR) is 126 cm³/mol. The predicted octanol–water partition coefficient (Wildman–Crippen LogP) is 6.07. The van der Waals surface area contributed by atoms with E-state index in [1.807, 2.05) is 31.2 Å². The van der Waals surface area contributed by atoms with E-state index in [1.54, 1.807) is 0 Å². The van der Waals surface area contributed by atoms with Crippen molar-refractivity contribution in [2.45, 2.75) is 95.3 Å². The summed E-state index contributed by atoms with van der Waals surface area (Å²) >= 11 is 0. The van der Waals surface area contributed by atoms with Crippen molar-refractivity contribution in [1.29, 1.82) is 0 Å². The molecule has 1 N–H and O–H groups in total. The van der Waals surface area contributed by atoms with Crippen LogP contribution >= 0.6 is 0 Å². The summed E-state index contributed by atoms with van der Waals surface area (Å²) in [5.74, 6) is 1.70. The number of ether oxygens (including phenoxy) is 2. The number of carbonyl (C=O) groups excluding carboxylic acids is 1. The highest BCUT2D eigenvalue weighted by molar-refractivity contribution is 5.81.